The van der Waals surface area contributed by atoms with E-state index in [2.05, 4.69) is 10.6 Å². The largest absolute Gasteiger partial charge is 0.481 e. The Balaban J connectivity index is 1.73. The van der Waals surface area contributed by atoms with Crippen LogP contribution < -0.4 is 10.6 Å². The molecule has 2 rings (SSSR count). The number of nitrogens with one attached hydrogen (secondary N) is 2. The summed E-state index contributed by atoms with van der Waals surface area (Å²) in [6, 6.07) is 1.74. The van der Waals surface area contributed by atoms with E-state index in [0.717, 1.165) is 0 Å². The number of amides is 2. The second-order valence-electron chi connectivity index (χ2n) is 5.88. The summed E-state index contributed by atoms with van der Waals surface area (Å²) >= 11 is 1.45. The summed E-state index contributed by atoms with van der Waals surface area (Å²) in [6.45, 7) is 1.30. The van der Waals surface area contributed by atoms with Crippen LogP contribution in [0, 0.1) is 0 Å². The minimum absolute atomic E-state index is 0.100. The molecule has 0 aromatic carbocycles. The van der Waals surface area contributed by atoms with Crippen LogP contribution in [0.4, 0.5) is 0 Å². The van der Waals surface area contributed by atoms with Crippen molar-refractivity contribution >= 4 is 29.1 Å². The van der Waals surface area contributed by atoms with Crippen LogP contribution in [0.25, 0.3) is 0 Å². The highest BCUT2D eigenvalue weighted by Crippen LogP contribution is 2.24. The summed E-state index contributed by atoms with van der Waals surface area (Å²) in [4.78, 5) is 34.9. The van der Waals surface area contributed by atoms with Gasteiger partial charge in [0.25, 0.3) is 5.91 Å². The lowest BCUT2D eigenvalue weighted by atomic mass is 9.86. The van der Waals surface area contributed by atoms with Crippen molar-refractivity contribution in [1.29, 1.82) is 0 Å². The molecule has 3 N–H and O–H groups in total. The molecule has 8 heteroatoms. The molecular weight excluding hydrogens is 332 g/mol. The van der Waals surface area contributed by atoms with Crippen molar-refractivity contribution in [1.82, 2.24) is 10.6 Å². The molecule has 1 fully saturated rings. The molecular formula is C16H22N2O5S. The van der Waals surface area contributed by atoms with Gasteiger partial charge >= 0.3 is 5.97 Å². The summed E-state index contributed by atoms with van der Waals surface area (Å²) in [7, 11) is 0. The van der Waals surface area contributed by atoms with E-state index in [0.29, 0.717) is 44.6 Å². The lowest BCUT2D eigenvalue weighted by molar-refractivity contribution is -0.140. The van der Waals surface area contributed by atoms with E-state index in [4.69, 9.17) is 9.84 Å². The van der Waals surface area contributed by atoms with Crippen molar-refractivity contribution in [2.24, 2.45) is 0 Å². The Hall–Kier alpha value is -1.93. The molecule has 2 amide bonds. The number of carbonyl (C=O) groups excluding carboxylic acids is 2. The van der Waals surface area contributed by atoms with Crippen LogP contribution in [0.3, 0.4) is 0 Å². The van der Waals surface area contributed by atoms with E-state index in [9.17, 15) is 14.4 Å². The fourth-order valence-corrected chi connectivity index (χ4v) is 3.34. The van der Waals surface area contributed by atoms with Crippen LogP contribution >= 0.6 is 11.3 Å². The van der Waals surface area contributed by atoms with Gasteiger partial charge < -0.3 is 20.5 Å². The van der Waals surface area contributed by atoms with Gasteiger partial charge in [0.2, 0.25) is 5.91 Å². The van der Waals surface area contributed by atoms with Crippen molar-refractivity contribution in [3.63, 3.8) is 0 Å². The molecule has 0 spiro atoms. The third-order valence-corrected chi connectivity index (χ3v) is 4.68. The lowest BCUT2D eigenvalue weighted by Crippen LogP contribution is -2.53. The first kappa shape index (κ1) is 18.4. The van der Waals surface area contributed by atoms with Gasteiger partial charge in [-0.2, -0.15) is 11.3 Å². The zero-order valence-corrected chi connectivity index (χ0v) is 14.2. The number of carboxylic acid groups (broad SMARTS) is 1. The summed E-state index contributed by atoms with van der Waals surface area (Å²) in [5.74, 6) is -1.27. The van der Waals surface area contributed by atoms with Crippen LogP contribution in [0.1, 0.15) is 42.5 Å². The van der Waals surface area contributed by atoms with Crippen LogP contribution in [0.2, 0.25) is 0 Å². The summed E-state index contributed by atoms with van der Waals surface area (Å²) in [6.07, 6.45) is 1.64. The van der Waals surface area contributed by atoms with Crippen molar-refractivity contribution < 1.29 is 24.2 Å². The molecule has 1 aromatic heterocycles. The Morgan fingerprint density at radius 2 is 2.04 bits per heavy atom. The summed E-state index contributed by atoms with van der Waals surface area (Å²) < 4.78 is 5.26. The Labute approximate surface area is 144 Å². The van der Waals surface area contributed by atoms with Crippen molar-refractivity contribution in [3.8, 4) is 0 Å². The average molecular weight is 354 g/mol. The van der Waals surface area contributed by atoms with E-state index in [1.165, 1.54) is 11.3 Å². The van der Waals surface area contributed by atoms with Crippen LogP contribution in [-0.2, 0) is 14.3 Å². The topological polar surface area (TPSA) is 105 Å². The standard InChI is InChI=1S/C16H22N2O5S/c19-13(2-1-6-17-15(22)12-3-9-24-11-12)18-16(10-14(20)21)4-7-23-8-5-16/h3,9,11H,1-2,4-8,10H2,(H,17,22)(H,18,19)(H,20,21). The zero-order valence-electron chi connectivity index (χ0n) is 13.4. The van der Waals surface area contributed by atoms with Gasteiger partial charge in [0.05, 0.1) is 12.0 Å². The number of carboxylic acids is 1. The van der Waals surface area contributed by atoms with Crippen molar-refractivity contribution in [2.45, 2.75) is 37.6 Å². The first-order chi connectivity index (χ1) is 11.5. The maximum Gasteiger partial charge on any atom is 0.305 e. The number of ether oxygens (including phenoxy) is 1. The maximum atomic E-state index is 12.1. The van der Waals surface area contributed by atoms with Crippen LogP contribution in [-0.4, -0.2) is 48.2 Å². The smallest absolute Gasteiger partial charge is 0.305 e. The first-order valence-electron chi connectivity index (χ1n) is 7.92. The van der Waals surface area contributed by atoms with E-state index in [1.54, 1.807) is 11.4 Å². The molecule has 24 heavy (non-hydrogen) atoms. The molecule has 132 valence electrons. The predicted octanol–water partition coefficient (Wildman–Crippen LogP) is 1.40. The summed E-state index contributed by atoms with van der Waals surface area (Å²) in [5.41, 5.74) is -0.103. The predicted molar refractivity (Wildman–Crippen MR) is 89.1 cm³/mol. The van der Waals surface area contributed by atoms with Crippen LogP contribution in [0.5, 0.6) is 0 Å². The number of rotatable bonds is 8. The highest BCUT2D eigenvalue weighted by atomic mass is 32.1. The fraction of sp³-hybridized carbons (Fsp3) is 0.562. The molecule has 7 nitrogen and oxygen atoms in total. The van der Waals surface area contributed by atoms with Gasteiger partial charge in [-0.3, -0.25) is 14.4 Å². The van der Waals surface area contributed by atoms with E-state index in [-0.39, 0.29) is 24.7 Å². The van der Waals surface area contributed by atoms with Crippen molar-refractivity contribution in [3.05, 3.63) is 22.4 Å². The number of hydrogen-bond donors (Lipinski definition) is 3. The van der Waals surface area contributed by atoms with E-state index < -0.39 is 11.5 Å². The Morgan fingerprint density at radius 1 is 1.29 bits per heavy atom. The van der Waals surface area contributed by atoms with Gasteiger partial charge in [-0.05, 0) is 30.7 Å². The third-order valence-electron chi connectivity index (χ3n) is 3.99. The van der Waals surface area contributed by atoms with Gasteiger partial charge in [0.15, 0.2) is 0 Å². The number of hydrogen-bond acceptors (Lipinski definition) is 5. The molecule has 1 aromatic rings. The maximum absolute atomic E-state index is 12.1. The minimum atomic E-state index is -0.930. The van der Waals surface area contributed by atoms with Gasteiger partial charge in [-0.1, -0.05) is 0 Å². The van der Waals surface area contributed by atoms with E-state index >= 15 is 0 Å². The molecule has 1 aliphatic rings. The number of carbonyl (C=O) groups is 3. The molecule has 0 saturated carbocycles. The van der Waals surface area contributed by atoms with E-state index in [1.807, 2.05) is 5.38 Å². The normalized spacial score (nSPS) is 16.3. The molecule has 0 bridgehead atoms. The second kappa shape index (κ2) is 8.79. The number of thiophene rings is 1. The molecule has 0 atom stereocenters. The zero-order chi connectivity index (χ0) is 17.4. The highest BCUT2D eigenvalue weighted by molar-refractivity contribution is 7.08. The Morgan fingerprint density at radius 3 is 2.67 bits per heavy atom. The molecule has 0 radical (unpaired) electrons. The molecule has 0 aliphatic carbocycles. The van der Waals surface area contributed by atoms with Crippen LogP contribution in [0.15, 0.2) is 16.8 Å². The fourth-order valence-electron chi connectivity index (χ4n) is 2.70. The molecule has 0 unspecified atom stereocenters. The quantitative estimate of drug-likeness (QED) is 0.612. The SMILES string of the molecule is O=C(O)CC1(NC(=O)CCCNC(=O)c2ccsc2)CCOCC1. The van der Waals surface area contributed by atoms with Gasteiger partial charge in [-0.25, -0.2) is 0 Å². The number of aliphatic carboxylic acids is 1. The Bertz CT molecular complexity index is 567. The molecule has 2 heterocycles. The molecule has 1 aliphatic heterocycles. The van der Waals surface area contributed by atoms with Gasteiger partial charge in [0.1, 0.15) is 0 Å². The highest BCUT2D eigenvalue weighted by Gasteiger charge is 2.36. The summed E-state index contributed by atoms with van der Waals surface area (Å²) in [5, 5.41) is 18.3. The van der Waals surface area contributed by atoms with Crippen molar-refractivity contribution in [2.75, 3.05) is 19.8 Å². The molecule has 1 saturated heterocycles. The third kappa shape index (κ3) is 5.61. The van der Waals surface area contributed by atoms with Gasteiger partial charge in [-0.15, -0.1) is 0 Å². The average Bonchev–Trinajstić information content (AvgIpc) is 3.05. The first-order valence-corrected chi connectivity index (χ1v) is 8.86. The Kier molecular flexibility index (Phi) is 6.74. The minimum Gasteiger partial charge on any atom is -0.481 e. The lowest BCUT2D eigenvalue weighted by Gasteiger charge is -2.36. The monoisotopic (exact) mass is 354 g/mol. The second-order valence-corrected chi connectivity index (χ2v) is 6.66. The van der Waals surface area contributed by atoms with Gasteiger partial charge in [0, 0.05) is 37.1 Å².